The van der Waals surface area contributed by atoms with Crippen LogP contribution in [0.5, 0.6) is 0 Å². The predicted octanol–water partition coefficient (Wildman–Crippen LogP) is 2.55. The van der Waals surface area contributed by atoms with Crippen LogP contribution in [0, 0.1) is 11.7 Å². The molecule has 0 aliphatic carbocycles. The summed E-state index contributed by atoms with van der Waals surface area (Å²) < 4.78 is 14.6. The minimum Gasteiger partial charge on any atom is -0.338 e. The van der Waals surface area contributed by atoms with Gasteiger partial charge in [-0.15, -0.1) is 5.10 Å². The standard InChI is InChI=1S/C14H17BrFN5/c1-8-5-6-21(7-11(8)17)14-18-13(19-20-14)12-9(15)3-2-4-10(12)16/h2-4,8,11H,5-7,17H2,1H3,(H,18,19,20). The van der Waals surface area contributed by atoms with Crippen molar-refractivity contribution in [3.8, 4) is 11.4 Å². The van der Waals surface area contributed by atoms with Gasteiger partial charge in [-0.1, -0.05) is 13.0 Å². The maximum Gasteiger partial charge on any atom is 0.245 e. The van der Waals surface area contributed by atoms with E-state index >= 15 is 0 Å². The molecular formula is C14H17BrFN5. The fraction of sp³-hybridized carbons (Fsp3) is 0.429. The summed E-state index contributed by atoms with van der Waals surface area (Å²) in [5.41, 5.74) is 6.49. The number of halogens is 2. The number of nitrogens with one attached hydrogen (secondary N) is 1. The van der Waals surface area contributed by atoms with Gasteiger partial charge in [0.25, 0.3) is 0 Å². The van der Waals surface area contributed by atoms with Gasteiger partial charge in [-0.25, -0.2) is 4.39 Å². The Morgan fingerprint density at radius 3 is 3.00 bits per heavy atom. The van der Waals surface area contributed by atoms with Crippen molar-refractivity contribution in [2.45, 2.75) is 19.4 Å². The van der Waals surface area contributed by atoms with Crippen molar-refractivity contribution in [1.29, 1.82) is 0 Å². The molecule has 0 saturated carbocycles. The molecule has 0 bridgehead atoms. The van der Waals surface area contributed by atoms with Gasteiger partial charge < -0.3 is 10.6 Å². The maximum absolute atomic E-state index is 13.9. The van der Waals surface area contributed by atoms with Gasteiger partial charge >= 0.3 is 0 Å². The van der Waals surface area contributed by atoms with Gasteiger partial charge in [0.05, 0.1) is 5.56 Å². The zero-order valence-electron chi connectivity index (χ0n) is 11.7. The van der Waals surface area contributed by atoms with Crippen LogP contribution in [0.1, 0.15) is 13.3 Å². The highest BCUT2D eigenvalue weighted by molar-refractivity contribution is 9.10. The number of hydrogen-bond acceptors (Lipinski definition) is 4. The van der Waals surface area contributed by atoms with Gasteiger partial charge in [-0.2, -0.15) is 4.98 Å². The van der Waals surface area contributed by atoms with E-state index in [4.69, 9.17) is 5.73 Å². The number of aromatic amines is 1. The molecule has 0 spiro atoms. The maximum atomic E-state index is 13.9. The van der Waals surface area contributed by atoms with Crippen molar-refractivity contribution in [2.24, 2.45) is 11.7 Å². The van der Waals surface area contributed by atoms with E-state index in [1.54, 1.807) is 12.1 Å². The molecule has 2 unspecified atom stereocenters. The summed E-state index contributed by atoms with van der Waals surface area (Å²) in [6.07, 6.45) is 1.01. The summed E-state index contributed by atoms with van der Waals surface area (Å²) in [6.45, 7) is 3.74. The molecule has 0 radical (unpaired) electrons. The number of aromatic nitrogens is 3. The highest BCUT2D eigenvalue weighted by atomic mass is 79.9. The third-order valence-corrected chi connectivity index (χ3v) is 4.63. The summed E-state index contributed by atoms with van der Waals surface area (Å²) in [4.78, 5) is 6.46. The normalized spacial score (nSPS) is 22.6. The highest BCUT2D eigenvalue weighted by Gasteiger charge is 2.26. The number of nitrogens with zero attached hydrogens (tertiary/aromatic N) is 3. The molecular weight excluding hydrogens is 337 g/mol. The van der Waals surface area contributed by atoms with Crippen molar-refractivity contribution in [3.63, 3.8) is 0 Å². The molecule has 1 aromatic carbocycles. The number of anilines is 1. The van der Waals surface area contributed by atoms with Gasteiger partial charge in [0, 0.05) is 23.6 Å². The first-order valence-electron chi connectivity index (χ1n) is 6.93. The minimum absolute atomic E-state index is 0.112. The van der Waals surface area contributed by atoms with E-state index in [1.165, 1.54) is 6.07 Å². The molecule has 1 saturated heterocycles. The van der Waals surface area contributed by atoms with Crippen LogP contribution in [-0.2, 0) is 0 Å². The quantitative estimate of drug-likeness (QED) is 0.870. The number of hydrogen-bond donors (Lipinski definition) is 2. The zero-order valence-corrected chi connectivity index (χ0v) is 13.3. The van der Waals surface area contributed by atoms with Crippen LogP contribution in [0.2, 0.25) is 0 Å². The number of nitrogens with two attached hydrogens (primary N) is 1. The molecule has 2 atom stereocenters. The third kappa shape index (κ3) is 2.80. The van der Waals surface area contributed by atoms with Crippen LogP contribution in [-0.4, -0.2) is 34.3 Å². The smallest absolute Gasteiger partial charge is 0.245 e. The van der Waals surface area contributed by atoms with E-state index in [0.717, 1.165) is 19.5 Å². The van der Waals surface area contributed by atoms with Crippen LogP contribution < -0.4 is 10.6 Å². The van der Waals surface area contributed by atoms with E-state index in [9.17, 15) is 4.39 Å². The number of piperidine rings is 1. The van der Waals surface area contributed by atoms with Crippen molar-refractivity contribution >= 4 is 21.9 Å². The van der Waals surface area contributed by atoms with Crippen molar-refractivity contribution < 1.29 is 4.39 Å². The summed E-state index contributed by atoms with van der Waals surface area (Å²) in [5, 5.41) is 7.02. The number of benzene rings is 1. The van der Waals surface area contributed by atoms with Gasteiger partial charge in [-0.05, 0) is 40.4 Å². The predicted molar refractivity (Wildman–Crippen MR) is 83.4 cm³/mol. The van der Waals surface area contributed by atoms with E-state index in [2.05, 4.69) is 38.0 Å². The molecule has 2 heterocycles. The molecule has 2 aromatic rings. The molecule has 3 N–H and O–H groups in total. The van der Waals surface area contributed by atoms with Crippen LogP contribution >= 0.6 is 15.9 Å². The Balaban J connectivity index is 1.87. The lowest BCUT2D eigenvalue weighted by atomic mass is 9.95. The van der Waals surface area contributed by atoms with Gasteiger partial charge in [0.15, 0.2) is 5.82 Å². The summed E-state index contributed by atoms with van der Waals surface area (Å²) in [6, 6.07) is 4.94. The molecule has 1 aromatic heterocycles. The molecule has 112 valence electrons. The molecule has 1 aliphatic heterocycles. The van der Waals surface area contributed by atoms with E-state index in [-0.39, 0.29) is 11.9 Å². The molecule has 1 aliphatic rings. The Labute approximate surface area is 130 Å². The minimum atomic E-state index is -0.337. The fourth-order valence-electron chi connectivity index (χ4n) is 2.51. The third-order valence-electron chi connectivity index (χ3n) is 3.97. The monoisotopic (exact) mass is 353 g/mol. The first kappa shape index (κ1) is 14.5. The Kier molecular flexibility index (Phi) is 3.95. The number of rotatable bonds is 2. The van der Waals surface area contributed by atoms with Gasteiger partial charge in [-0.3, -0.25) is 5.10 Å². The average Bonchev–Trinajstić information content (AvgIpc) is 2.91. The lowest BCUT2D eigenvalue weighted by Crippen LogP contribution is -2.48. The van der Waals surface area contributed by atoms with Crippen LogP contribution in [0.15, 0.2) is 22.7 Å². The summed E-state index contributed by atoms with van der Waals surface area (Å²) in [5.74, 6) is 1.15. The van der Waals surface area contributed by atoms with Crippen molar-refractivity contribution in [1.82, 2.24) is 15.2 Å². The first-order valence-corrected chi connectivity index (χ1v) is 7.73. The zero-order chi connectivity index (χ0) is 15.0. The lowest BCUT2D eigenvalue weighted by Gasteiger charge is -2.34. The van der Waals surface area contributed by atoms with Crippen LogP contribution in [0.4, 0.5) is 10.3 Å². The van der Waals surface area contributed by atoms with Crippen LogP contribution in [0.25, 0.3) is 11.4 Å². The first-order chi connectivity index (χ1) is 10.1. The van der Waals surface area contributed by atoms with Crippen molar-refractivity contribution in [3.05, 3.63) is 28.5 Å². The van der Waals surface area contributed by atoms with E-state index in [0.29, 0.717) is 27.7 Å². The largest absolute Gasteiger partial charge is 0.338 e. The molecule has 3 rings (SSSR count). The highest BCUT2D eigenvalue weighted by Crippen LogP contribution is 2.29. The molecule has 7 heteroatoms. The molecule has 1 fully saturated rings. The average molecular weight is 354 g/mol. The Bertz CT molecular complexity index is 624. The second-order valence-electron chi connectivity index (χ2n) is 5.46. The number of H-pyrrole nitrogens is 1. The van der Waals surface area contributed by atoms with Gasteiger partial charge in [0.2, 0.25) is 5.95 Å². The molecule has 21 heavy (non-hydrogen) atoms. The summed E-state index contributed by atoms with van der Waals surface area (Å²) in [7, 11) is 0. The second-order valence-corrected chi connectivity index (χ2v) is 6.31. The summed E-state index contributed by atoms with van der Waals surface area (Å²) >= 11 is 3.35. The second kappa shape index (κ2) is 5.73. The fourth-order valence-corrected chi connectivity index (χ4v) is 3.04. The Morgan fingerprint density at radius 1 is 1.48 bits per heavy atom. The Hall–Kier alpha value is -1.47. The van der Waals surface area contributed by atoms with Crippen molar-refractivity contribution in [2.75, 3.05) is 18.0 Å². The SMILES string of the molecule is CC1CCN(c2n[nH]c(-c3c(F)cccc3Br)n2)CC1N. The Morgan fingerprint density at radius 2 is 2.29 bits per heavy atom. The van der Waals surface area contributed by atoms with Crippen LogP contribution in [0.3, 0.4) is 0 Å². The van der Waals surface area contributed by atoms with Gasteiger partial charge in [0.1, 0.15) is 5.82 Å². The van der Waals surface area contributed by atoms with E-state index < -0.39 is 0 Å². The van der Waals surface area contributed by atoms with E-state index in [1.807, 2.05) is 4.90 Å². The molecule has 0 amide bonds. The topological polar surface area (TPSA) is 70.8 Å². The molecule has 5 nitrogen and oxygen atoms in total. The lowest BCUT2D eigenvalue weighted by molar-refractivity contribution is 0.376.